The summed E-state index contributed by atoms with van der Waals surface area (Å²) in [6.07, 6.45) is 2.09. The first-order valence-electron chi connectivity index (χ1n) is 8.23. The fourth-order valence-corrected chi connectivity index (χ4v) is 2.68. The minimum Gasteiger partial charge on any atom is -0.352 e. The highest BCUT2D eigenvalue weighted by atomic mass is 79.9. The molecule has 0 saturated heterocycles. The van der Waals surface area contributed by atoms with Crippen LogP contribution in [0.3, 0.4) is 0 Å². The molecule has 0 radical (unpaired) electrons. The fourth-order valence-electron chi connectivity index (χ4n) is 2.24. The Morgan fingerprint density at radius 1 is 1.26 bits per heavy atom. The van der Waals surface area contributed by atoms with Gasteiger partial charge in [0.25, 0.3) is 0 Å². The first-order valence-corrected chi connectivity index (χ1v) is 9.02. The first kappa shape index (κ1) is 19.7. The van der Waals surface area contributed by atoms with E-state index in [0.717, 1.165) is 22.9 Å². The molecule has 23 heavy (non-hydrogen) atoms. The molecule has 1 N–H and O–H groups in total. The lowest BCUT2D eigenvalue weighted by Crippen LogP contribution is -2.49. The van der Waals surface area contributed by atoms with Gasteiger partial charge >= 0.3 is 0 Å². The van der Waals surface area contributed by atoms with E-state index >= 15 is 0 Å². The monoisotopic (exact) mass is 382 g/mol. The van der Waals surface area contributed by atoms with Gasteiger partial charge in [-0.1, -0.05) is 41.9 Å². The Morgan fingerprint density at radius 2 is 1.96 bits per heavy atom. The van der Waals surface area contributed by atoms with Crippen molar-refractivity contribution in [3.8, 4) is 0 Å². The molecule has 0 heterocycles. The van der Waals surface area contributed by atoms with E-state index in [1.165, 1.54) is 0 Å². The molecule has 0 unspecified atom stereocenters. The Balaban J connectivity index is 2.91. The number of nitrogens with one attached hydrogen (secondary N) is 1. The summed E-state index contributed by atoms with van der Waals surface area (Å²) in [7, 11) is 0. The highest BCUT2D eigenvalue weighted by Gasteiger charge is 2.26. The van der Waals surface area contributed by atoms with Gasteiger partial charge in [-0.3, -0.25) is 9.59 Å². The van der Waals surface area contributed by atoms with Crippen molar-refractivity contribution in [2.45, 2.75) is 65.6 Å². The van der Waals surface area contributed by atoms with Crippen molar-refractivity contribution in [3.63, 3.8) is 0 Å². The van der Waals surface area contributed by atoms with Gasteiger partial charge in [0, 0.05) is 23.5 Å². The largest absolute Gasteiger partial charge is 0.352 e. The number of benzene rings is 1. The lowest BCUT2D eigenvalue weighted by Gasteiger charge is -2.29. The molecule has 0 aliphatic rings. The van der Waals surface area contributed by atoms with E-state index in [2.05, 4.69) is 21.2 Å². The molecule has 0 aliphatic heterocycles. The summed E-state index contributed by atoms with van der Waals surface area (Å²) in [5, 5.41) is 2.96. The van der Waals surface area contributed by atoms with Crippen molar-refractivity contribution < 1.29 is 9.59 Å². The number of halogens is 1. The Labute approximate surface area is 147 Å². The number of hydrogen-bond acceptors (Lipinski definition) is 2. The van der Waals surface area contributed by atoms with Gasteiger partial charge < -0.3 is 10.2 Å². The Bertz CT molecular complexity index is 534. The second-order valence-electron chi connectivity index (χ2n) is 5.90. The van der Waals surface area contributed by atoms with E-state index in [1.54, 1.807) is 11.8 Å². The highest BCUT2D eigenvalue weighted by Crippen LogP contribution is 2.16. The number of amides is 2. The average Bonchev–Trinajstić information content (AvgIpc) is 2.52. The standard InChI is InChI=1S/C18H27BrN2O2/c1-5-8-17(22)21(12-15-9-7-10-16(19)11-15)14(4)18(23)20-13(3)6-2/h7,9-11,13-14H,5-6,8,12H2,1-4H3,(H,20,23)/t13-,14-/m0/s1. The minimum absolute atomic E-state index is 0.0132. The summed E-state index contributed by atoms with van der Waals surface area (Å²) in [5.41, 5.74) is 1.01. The molecule has 4 nitrogen and oxygen atoms in total. The molecule has 0 fully saturated rings. The van der Waals surface area contributed by atoms with Gasteiger partial charge in [0.05, 0.1) is 0 Å². The zero-order chi connectivity index (χ0) is 17.4. The van der Waals surface area contributed by atoms with Gasteiger partial charge in [-0.25, -0.2) is 0 Å². The van der Waals surface area contributed by atoms with E-state index in [9.17, 15) is 9.59 Å². The molecule has 0 bridgehead atoms. The van der Waals surface area contributed by atoms with Gasteiger partial charge in [-0.05, 0) is 44.4 Å². The van der Waals surface area contributed by atoms with Crippen LogP contribution >= 0.6 is 15.9 Å². The number of rotatable bonds is 8. The normalized spacial score (nSPS) is 13.3. The summed E-state index contributed by atoms with van der Waals surface area (Å²) in [6, 6.07) is 7.45. The van der Waals surface area contributed by atoms with Crippen molar-refractivity contribution >= 4 is 27.7 Å². The van der Waals surface area contributed by atoms with Crippen molar-refractivity contribution in [2.24, 2.45) is 0 Å². The fraction of sp³-hybridized carbons (Fsp3) is 0.556. The van der Waals surface area contributed by atoms with Crippen molar-refractivity contribution in [3.05, 3.63) is 34.3 Å². The topological polar surface area (TPSA) is 49.4 Å². The second kappa shape index (κ2) is 9.71. The number of nitrogens with zero attached hydrogens (tertiary/aromatic N) is 1. The van der Waals surface area contributed by atoms with Crippen LogP contribution in [0, 0.1) is 0 Å². The third kappa shape index (κ3) is 6.34. The molecular weight excluding hydrogens is 356 g/mol. The third-order valence-corrected chi connectivity index (χ3v) is 4.37. The van der Waals surface area contributed by atoms with Crippen molar-refractivity contribution in [1.82, 2.24) is 10.2 Å². The Hall–Kier alpha value is -1.36. The maximum atomic E-state index is 12.5. The molecule has 1 rings (SSSR count). The molecule has 1 aromatic rings. The van der Waals surface area contributed by atoms with Gasteiger partial charge in [0.1, 0.15) is 6.04 Å². The molecule has 2 atom stereocenters. The number of carbonyl (C=O) groups excluding carboxylic acids is 2. The lowest BCUT2D eigenvalue weighted by atomic mass is 10.1. The lowest BCUT2D eigenvalue weighted by molar-refractivity contribution is -0.140. The highest BCUT2D eigenvalue weighted by molar-refractivity contribution is 9.10. The summed E-state index contributed by atoms with van der Waals surface area (Å²) in [4.78, 5) is 26.5. The third-order valence-electron chi connectivity index (χ3n) is 3.87. The predicted molar refractivity (Wildman–Crippen MR) is 97.0 cm³/mol. The van der Waals surface area contributed by atoms with Crippen LogP contribution in [0.5, 0.6) is 0 Å². The minimum atomic E-state index is -0.484. The van der Waals surface area contributed by atoms with E-state index in [-0.39, 0.29) is 17.9 Å². The molecular formula is C18H27BrN2O2. The molecule has 0 spiro atoms. The molecule has 2 amide bonds. The first-order chi connectivity index (χ1) is 10.9. The van der Waals surface area contributed by atoms with Crippen LogP contribution in [0.25, 0.3) is 0 Å². The van der Waals surface area contributed by atoms with E-state index in [4.69, 9.17) is 0 Å². The summed E-state index contributed by atoms with van der Waals surface area (Å²) >= 11 is 3.45. The van der Waals surface area contributed by atoms with E-state index < -0.39 is 6.04 Å². The van der Waals surface area contributed by atoms with Crippen molar-refractivity contribution in [1.29, 1.82) is 0 Å². The number of carbonyl (C=O) groups is 2. The van der Waals surface area contributed by atoms with E-state index in [0.29, 0.717) is 13.0 Å². The maximum Gasteiger partial charge on any atom is 0.242 e. The quantitative estimate of drug-likeness (QED) is 0.741. The smallest absolute Gasteiger partial charge is 0.242 e. The van der Waals surface area contributed by atoms with Crippen LogP contribution in [0.15, 0.2) is 28.7 Å². The van der Waals surface area contributed by atoms with Crippen LogP contribution in [-0.4, -0.2) is 28.8 Å². The van der Waals surface area contributed by atoms with Crippen molar-refractivity contribution in [2.75, 3.05) is 0 Å². The van der Waals surface area contributed by atoms with Gasteiger partial charge in [0.2, 0.25) is 11.8 Å². The summed E-state index contributed by atoms with van der Waals surface area (Å²) in [5.74, 6) is -0.0851. The molecule has 1 aromatic carbocycles. The average molecular weight is 383 g/mol. The predicted octanol–water partition coefficient (Wildman–Crippen LogP) is 3.88. The molecule has 0 saturated carbocycles. The summed E-state index contributed by atoms with van der Waals surface area (Å²) in [6.45, 7) is 8.20. The second-order valence-corrected chi connectivity index (χ2v) is 6.81. The van der Waals surface area contributed by atoms with Crippen LogP contribution in [0.4, 0.5) is 0 Å². The van der Waals surface area contributed by atoms with Crippen LogP contribution in [0.2, 0.25) is 0 Å². The molecule has 128 valence electrons. The summed E-state index contributed by atoms with van der Waals surface area (Å²) < 4.78 is 0.967. The van der Waals surface area contributed by atoms with Crippen LogP contribution in [0.1, 0.15) is 52.5 Å². The number of hydrogen-bond donors (Lipinski definition) is 1. The van der Waals surface area contributed by atoms with E-state index in [1.807, 2.05) is 45.0 Å². The molecule has 5 heteroatoms. The van der Waals surface area contributed by atoms with Gasteiger partial charge in [-0.15, -0.1) is 0 Å². The van der Waals surface area contributed by atoms with Gasteiger partial charge in [0.15, 0.2) is 0 Å². The molecule has 0 aromatic heterocycles. The zero-order valence-electron chi connectivity index (χ0n) is 14.4. The maximum absolute atomic E-state index is 12.5. The van der Waals surface area contributed by atoms with Gasteiger partial charge in [-0.2, -0.15) is 0 Å². The Morgan fingerprint density at radius 3 is 2.52 bits per heavy atom. The SMILES string of the molecule is CCCC(=O)N(Cc1cccc(Br)c1)[C@@H](C)C(=O)N[C@@H](C)CC. The molecule has 0 aliphatic carbocycles. The zero-order valence-corrected chi connectivity index (χ0v) is 16.0. The Kier molecular flexibility index (Phi) is 8.31. The van der Waals surface area contributed by atoms with Crippen LogP contribution < -0.4 is 5.32 Å². The van der Waals surface area contributed by atoms with Crippen LogP contribution in [-0.2, 0) is 16.1 Å².